The zero-order valence-electron chi connectivity index (χ0n) is 13.2. The molecule has 0 atom stereocenters. The Hall–Kier alpha value is -1.22. The highest BCUT2D eigenvalue weighted by molar-refractivity contribution is 5.64. The Morgan fingerprint density at radius 1 is 1.26 bits per heavy atom. The summed E-state index contributed by atoms with van der Waals surface area (Å²) in [4.78, 5) is 2.28. The standard InChI is InChI=1S/C16H28N2O/c1-12-9-13(2)15(14(10-12)19-6)18(5)11-16(3,4)7-8-17/h9-10H,7-8,11,17H2,1-6H3. The summed E-state index contributed by atoms with van der Waals surface area (Å²) in [5.41, 5.74) is 9.55. The number of methoxy groups -OCH3 is 1. The average molecular weight is 264 g/mol. The second-order valence-corrected chi connectivity index (χ2v) is 6.19. The van der Waals surface area contributed by atoms with Crippen LogP contribution in [-0.4, -0.2) is 27.2 Å². The molecular weight excluding hydrogens is 236 g/mol. The van der Waals surface area contributed by atoms with Gasteiger partial charge in [-0.3, -0.25) is 0 Å². The minimum absolute atomic E-state index is 0.200. The van der Waals surface area contributed by atoms with Crippen molar-refractivity contribution in [2.45, 2.75) is 34.1 Å². The molecule has 0 radical (unpaired) electrons. The summed E-state index contributed by atoms with van der Waals surface area (Å²) in [6.07, 6.45) is 1.02. The fourth-order valence-corrected chi connectivity index (χ4v) is 2.76. The SMILES string of the molecule is COc1cc(C)cc(C)c1N(C)CC(C)(C)CCN. The second-order valence-electron chi connectivity index (χ2n) is 6.19. The van der Waals surface area contributed by atoms with Gasteiger partial charge >= 0.3 is 0 Å². The van der Waals surface area contributed by atoms with E-state index in [0.29, 0.717) is 0 Å². The van der Waals surface area contributed by atoms with Crippen molar-refractivity contribution in [1.82, 2.24) is 0 Å². The van der Waals surface area contributed by atoms with Gasteiger partial charge in [-0.15, -0.1) is 0 Å². The Bertz CT molecular complexity index is 427. The van der Waals surface area contributed by atoms with Gasteiger partial charge in [0.1, 0.15) is 5.75 Å². The van der Waals surface area contributed by atoms with E-state index in [-0.39, 0.29) is 5.41 Å². The van der Waals surface area contributed by atoms with Crippen molar-refractivity contribution < 1.29 is 4.74 Å². The normalized spacial score (nSPS) is 11.5. The quantitative estimate of drug-likeness (QED) is 0.858. The topological polar surface area (TPSA) is 38.5 Å². The van der Waals surface area contributed by atoms with Crippen molar-refractivity contribution in [2.24, 2.45) is 11.1 Å². The van der Waals surface area contributed by atoms with Gasteiger partial charge in [-0.1, -0.05) is 19.9 Å². The maximum atomic E-state index is 5.69. The molecule has 1 aromatic rings. The monoisotopic (exact) mass is 264 g/mol. The number of nitrogens with zero attached hydrogens (tertiary/aromatic N) is 1. The van der Waals surface area contributed by atoms with Crippen LogP contribution in [0, 0.1) is 19.3 Å². The molecule has 0 amide bonds. The predicted octanol–water partition coefficient (Wildman–Crippen LogP) is 3.12. The number of aryl methyl sites for hydroxylation is 2. The van der Waals surface area contributed by atoms with E-state index in [1.165, 1.54) is 16.8 Å². The molecule has 1 rings (SSSR count). The van der Waals surface area contributed by atoms with Crippen molar-refractivity contribution in [3.63, 3.8) is 0 Å². The summed E-state index contributed by atoms with van der Waals surface area (Å²) in [6, 6.07) is 4.29. The fraction of sp³-hybridized carbons (Fsp3) is 0.625. The van der Waals surface area contributed by atoms with E-state index in [0.717, 1.165) is 25.3 Å². The van der Waals surface area contributed by atoms with Crippen molar-refractivity contribution in [2.75, 3.05) is 32.1 Å². The summed E-state index contributed by atoms with van der Waals surface area (Å²) in [5.74, 6) is 0.948. The molecule has 2 N–H and O–H groups in total. The molecule has 108 valence electrons. The van der Waals surface area contributed by atoms with E-state index in [2.05, 4.69) is 51.8 Å². The summed E-state index contributed by atoms with van der Waals surface area (Å²) < 4.78 is 5.54. The van der Waals surface area contributed by atoms with Crippen LogP contribution in [0.3, 0.4) is 0 Å². The van der Waals surface area contributed by atoms with Gasteiger partial charge in [0.25, 0.3) is 0 Å². The molecule has 19 heavy (non-hydrogen) atoms. The van der Waals surface area contributed by atoms with E-state index in [4.69, 9.17) is 10.5 Å². The third-order valence-corrected chi connectivity index (χ3v) is 3.50. The molecular formula is C16H28N2O. The van der Waals surface area contributed by atoms with Crippen LogP contribution in [-0.2, 0) is 0 Å². The molecule has 3 heteroatoms. The van der Waals surface area contributed by atoms with E-state index in [1.54, 1.807) is 7.11 Å². The molecule has 0 aromatic heterocycles. The molecule has 1 aromatic carbocycles. The average Bonchev–Trinajstić information content (AvgIpc) is 2.26. The van der Waals surface area contributed by atoms with Crippen LogP contribution < -0.4 is 15.4 Å². The van der Waals surface area contributed by atoms with E-state index in [9.17, 15) is 0 Å². The van der Waals surface area contributed by atoms with Gasteiger partial charge in [0.15, 0.2) is 0 Å². The first-order valence-corrected chi connectivity index (χ1v) is 6.87. The van der Waals surface area contributed by atoms with Crippen molar-refractivity contribution in [1.29, 1.82) is 0 Å². The maximum absolute atomic E-state index is 5.69. The van der Waals surface area contributed by atoms with Crippen molar-refractivity contribution in [3.05, 3.63) is 23.3 Å². The summed E-state index contributed by atoms with van der Waals surface area (Å²) in [7, 11) is 3.86. The van der Waals surface area contributed by atoms with Gasteiger partial charge in [-0.2, -0.15) is 0 Å². The van der Waals surface area contributed by atoms with Crippen LogP contribution in [0.5, 0.6) is 5.75 Å². The smallest absolute Gasteiger partial charge is 0.142 e. The zero-order valence-corrected chi connectivity index (χ0v) is 13.2. The molecule has 0 aliphatic rings. The van der Waals surface area contributed by atoms with Crippen molar-refractivity contribution in [3.8, 4) is 5.75 Å². The number of hydrogen-bond donors (Lipinski definition) is 1. The first-order chi connectivity index (χ1) is 8.80. The Balaban J connectivity index is 3.02. The minimum Gasteiger partial charge on any atom is -0.495 e. The molecule has 0 aliphatic carbocycles. The van der Waals surface area contributed by atoms with Gasteiger partial charge in [-0.05, 0) is 49.4 Å². The first-order valence-electron chi connectivity index (χ1n) is 6.87. The second kappa shape index (κ2) is 6.29. The molecule has 0 saturated carbocycles. The molecule has 0 fully saturated rings. The zero-order chi connectivity index (χ0) is 14.6. The molecule has 0 bridgehead atoms. The highest BCUT2D eigenvalue weighted by atomic mass is 16.5. The van der Waals surface area contributed by atoms with Crippen LogP contribution in [0.25, 0.3) is 0 Å². The van der Waals surface area contributed by atoms with Crippen LogP contribution >= 0.6 is 0 Å². The number of nitrogens with two attached hydrogens (primary N) is 1. The highest BCUT2D eigenvalue weighted by Crippen LogP contribution is 2.34. The molecule has 0 heterocycles. The number of rotatable bonds is 6. The van der Waals surface area contributed by atoms with Gasteiger partial charge in [0.05, 0.1) is 12.8 Å². The molecule has 0 saturated heterocycles. The van der Waals surface area contributed by atoms with E-state index < -0.39 is 0 Å². The lowest BCUT2D eigenvalue weighted by Crippen LogP contribution is -2.33. The molecule has 0 unspecified atom stereocenters. The largest absolute Gasteiger partial charge is 0.495 e. The van der Waals surface area contributed by atoms with E-state index in [1.807, 2.05) is 0 Å². The molecule has 3 nitrogen and oxygen atoms in total. The lowest BCUT2D eigenvalue weighted by molar-refractivity contribution is 0.345. The highest BCUT2D eigenvalue weighted by Gasteiger charge is 2.22. The molecule has 0 spiro atoms. The van der Waals surface area contributed by atoms with Gasteiger partial charge in [0.2, 0.25) is 0 Å². The lowest BCUT2D eigenvalue weighted by atomic mass is 9.88. The van der Waals surface area contributed by atoms with Gasteiger partial charge in [0, 0.05) is 13.6 Å². The van der Waals surface area contributed by atoms with Crippen molar-refractivity contribution >= 4 is 5.69 Å². The Labute approximate surface area is 117 Å². The Morgan fingerprint density at radius 3 is 2.42 bits per heavy atom. The Kier molecular flexibility index (Phi) is 5.24. The fourth-order valence-electron chi connectivity index (χ4n) is 2.76. The van der Waals surface area contributed by atoms with Crippen LogP contribution in [0.15, 0.2) is 12.1 Å². The summed E-state index contributed by atoms with van der Waals surface area (Å²) in [5, 5.41) is 0. The van der Waals surface area contributed by atoms with Crippen LogP contribution in [0.2, 0.25) is 0 Å². The van der Waals surface area contributed by atoms with Gasteiger partial charge in [-0.25, -0.2) is 0 Å². The first kappa shape index (κ1) is 15.8. The maximum Gasteiger partial charge on any atom is 0.142 e. The van der Waals surface area contributed by atoms with E-state index >= 15 is 0 Å². The summed E-state index contributed by atoms with van der Waals surface area (Å²) in [6.45, 7) is 10.4. The van der Waals surface area contributed by atoms with Crippen LogP contribution in [0.4, 0.5) is 5.69 Å². The minimum atomic E-state index is 0.200. The predicted molar refractivity (Wildman–Crippen MR) is 83.2 cm³/mol. The number of ether oxygens (including phenoxy) is 1. The molecule has 0 aliphatic heterocycles. The third-order valence-electron chi connectivity index (χ3n) is 3.50. The van der Waals surface area contributed by atoms with Gasteiger partial charge < -0.3 is 15.4 Å². The lowest BCUT2D eigenvalue weighted by Gasteiger charge is -2.33. The summed E-state index contributed by atoms with van der Waals surface area (Å²) >= 11 is 0. The number of benzene rings is 1. The Morgan fingerprint density at radius 2 is 1.89 bits per heavy atom. The van der Waals surface area contributed by atoms with Crippen LogP contribution in [0.1, 0.15) is 31.4 Å². The number of hydrogen-bond acceptors (Lipinski definition) is 3. The third kappa shape index (κ3) is 4.13. The number of anilines is 1.